The van der Waals surface area contributed by atoms with Gasteiger partial charge in [-0.25, -0.2) is 4.39 Å². The predicted octanol–water partition coefficient (Wildman–Crippen LogP) is 5.56. The number of nitrogens with one attached hydrogen (secondary N) is 1. The highest BCUT2D eigenvalue weighted by Crippen LogP contribution is 2.30. The van der Waals surface area contributed by atoms with Crippen LogP contribution in [0.3, 0.4) is 0 Å². The molecule has 0 fully saturated rings. The summed E-state index contributed by atoms with van der Waals surface area (Å²) in [6.45, 7) is 5.85. The van der Waals surface area contributed by atoms with Crippen molar-refractivity contribution in [2.24, 2.45) is 7.05 Å². The molecule has 4 aromatic rings. The first-order chi connectivity index (χ1) is 15.8. The van der Waals surface area contributed by atoms with Crippen molar-refractivity contribution in [3.05, 3.63) is 99.7 Å². The fraction of sp³-hybridized carbons (Fsp3) is 0.192. The summed E-state index contributed by atoms with van der Waals surface area (Å²) in [5.41, 5.74) is 4.05. The second-order valence-electron chi connectivity index (χ2n) is 8.00. The van der Waals surface area contributed by atoms with Gasteiger partial charge in [0, 0.05) is 30.9 Å². The normalized spacial score (nSPS) is 11.8. The molecule has 0 saturated carbocycles. The summed E-state index contributed by atoms with van der Waals surface area (Å²) in [6.07, 6.45) is 1.69. The van der Waals surface area contributed by atoms with Crippen molar-refractivity contribution in [1.82, 2.24) is 14.5 Å². The van der Waals surface area contributed by atoms with Gasteiger partial charge in [-0.15, -0.1) is 0 Å². The second-order valence-corrected chi connectivity index (χ2v) is 8.00. The van der Waals surface area contributed by atoms with Crippen molar-refractivity contribution in [2.45, 2.75) is 26.8 Å². The molecule has 2 aromatic heterocycles. The zero-order valence-electron chi connectivity index (χ0n) is 19.0. The maximum atomic E-state index is 14.4. The molecule has 0 aliphatic rings. The minimum Gasteiger partial charge on any atom is -0.421 e. The number of aromatic nitrogens is 3. The molecular formula is C26H25FN4O2. The topological polar surface area (TPSA) is 69.0 Å². The van der Waals surface area contributed by atoms with Gasteiger partial charge in [-0.3, -0.25) is 4.79 Å². The number of aryl methyl sites for hydroxylation is 3. The fourth-order valence-electron chi connectivity index (χ4n) is 3.65. The average molecular weight is 445 g/mol. The molecule has 1 atom stereocenters. The lowest BCUT2D eigenvalue weighted by Gasteiger charge is -2.18. The van der Waals surface area contributed by atoms with Gasteiger partial charge < -0.3 is 14.6 Å². The third kappa shape index (κ3) is 4.92. The molecule has 168 valence electrons. The van der Waals surface area contributed by atoms with Crippen LogP contribution in [-0.4, -0.2) is 14.5 Å². The maximum Gasteiger partial charge on any atom is 0.324 e. The summed E-state index contributed by atoms with van der Waals surface area (Å²) >= 11 is 0. The highest BCUT2D eigenvalue weighted by atomic mass is 19.1. The van der Waals surface area contributed by atoms with Gasteiger partial charge in [-0.1, -0.05) is 36.4 Å². The van der Waals surface area contributed by atoms with Crippen LogP contribution in [0.15, 0.2) is 71.7 Å². The van der Waals surface area contributed by atoms with Crippen molar-refractivity contribution < 1.29 is 9.13 Å². The van der Waals surface area contributed by atoms with Gasteiger partial charge in [-0.2, -0.15) is 9.97 Å². The Balaban J connectivity index is 1.76. The molecule has 0 aliphatic heterocycles. The van der Waals surface area contributed by atoms with E-state index in [1.165, 1.54) is 16.7 Å². The second kappa shape index (κ2) is 9.24. The van der Waals surface area contributed by atoms with Crippen LogP contribution in [0.5, 0.6) is 11.8 Å². The molecule has 33 heavy (non-hydrogen) atoms. The van der Waals surface area contributed by atoms with Crippen molar-refractivity contribution in [2.75, 3.05) is 5.32 Å². The van der Waals surface area contributed by atoms with E-state index in [1.54, 1.807) is 44.4 Å². The third-order valence-electron chi connectivity index (χ3n) is 5.46. The van der Waals surface area contributed by atoms with Crippen LogP contribution in [-0.2, 0) is 7.05 Å². The highest BCUT2D eigenvalue weighted by molar-refractivity contribution is 5.62. The maximum absolute atomic E-state index is 14.4. The van der Waals surface area contributed by atoms with E-state index in [1.807, 2.05) is 19.1 Å². The van der Waals surface area contributed by atoms with Gasteiger partial charge in [0.05, 0.1) is 11.7 Å². The van der Waals surface area contributed by atoms with Crippen LogP contribution in [0, 0.1) is 19.7 Å². The number of halogens is 1. The molecule has 1 N–H and O–H groups in total. The molecule has 6 nitrogen and oxygen atoms in total. The van der Waals surface area contributed by atoms with Crippen LogP contribution in [0.4, 0.5) is 10.2 Å². The predicted molar refractivity (Wildman–Crippen MR) is 127 cm³/mol. The molecule has 1 unspecified atom stereocenters. The Morgan fingerprint density at radius 1 is 1.00 bits per heavy atom. The van der Waals surface area contributed by atoms with E-state index < -0.39 is 5.82 Å². The van der Waals surface area contributed by atoms with Gasteiger partial charge in [0.15, 0.2) is 11.6 Å². The van der Waals surface area contributed by atoms with Crippen LogP contribution in [0.2, 0.25) is 0 Å². The van der Waals surface area contributed by atoms with Gasteiger partial charge in [0.1, 0.15) is 5.82 Å². The first kappa shape index (κ1) is 22.2. The molecule has 0 bridgehead atoms. The molecule has 0 amide bonds. The van der Waals surface area contributed by atoms with Crippen molar-refractivity contribution >= 4 is 5.82 Å². The Bertz CT molecular complexity index is 1350. The first-order valence-electron chi connectivity index (χ1n) is 10.6. The Morgan fingerprint density at radius 2 is 1.76 bits per heavy atom. The van der Waals surface area contributed by atoms with Gasteiger partial charge >= 0.3 is 6.01 Å². The molecule has 0 saturated heterocycles. The minimum atomic E-state index is -0.492. The summed E-state index contributed by atoms with van der Waals surface area (Å²) in [6, 6.07) is 17.7. The van der Waals surface area contributed by atoms with Crippen LogP contribution < -0.4 is 15.6 Å². The summed E-state index contributed by atoms with van der Waals surface area (Å²) < 4.78 is 21.7. The Kier molecular flexibility index (Phi) is 6.22. The van der Waals surface area contributed by atoms with Crippen molar-refractivity contribution in [3.63, 3.8) is 0 Å². The highest BCUT2D eigenvalue weighted by Gasteiger charge is 2.15. The number of pyridine rings is 1. The van der Waals surface area contributed by atoms with E-state index in [-0.39, 0.29) is 23.4 Å². The lowest BCUT2D eigenvalue weighted by atomic mass is 10.0. The quantitative estimate of drug-likeness (QED) is 0.421. The fourth-order valence-corrected chi connectivity index (χ4v) is 3.65. The van der Waals surface area contributed by atoms with E-state index in [4.69, 9.17) is 4.74 Å². The molecule has 7 heteroatoms. The lowest BCUT2D eigenvalue weighted by Crippen LogP contribution is -2.14. The number of nitrogens with zero attached hydrogens (tertiary/aromatic N) is 3. The number of hydrogen-bond acceptors (Lipinski definition) is 5. The zero-order valence-corrected chi connectivity index (χ0v) is 19.0. The number of rotatable bonds is 6. The Hall–Kier alpha value is -4.00. The number of ether oxygens (including phenoxy) is 1. The molecule has 2 aromatic carbocycles. The summed E-state index contributed by atoms with van der Waals surface area (Å²) in [5, 5.41) is 3.40. The minimum absolute atomic E-state index is 0.00837. The summed E-state index contributed by atoms with van der Waals surface area (Å²) in [7, 11) is 1.67. The van der Waals surface area contributed by atoms with Gasteiger partial charge in [0.2, 0.25) is 5.56 Å². The zero-order chi connectivity index (χ0) is 23.5. The average Bonchev–Trinajstić information content (AvgIpc) is 2.78. The standard InChI is InChI=1S/C26H25FN4O2/c1-16-8-5-6-10-20(16)18(3)28-23-14-22(19-12-13-24(32)31(4)15-19)29-26(30-23)33-25-17(2)9-7-11-21(25)27/h5-15,18H,1-4H3,(H,28,29,30). The monoisotopic (exact) mass is 444 g/mol. The molecule has 2 heterocycles. The number of para-hydroxylation sites is 1. The number of benzene rings is 2. The van der Waals surface area contributed by atoms with Crippen LogP contribution >= 0.6 is 0 Å². The Morgan fingerprint density at radius 3 is 2.48 bits per heavy atom. The van der Waals surface area contributed by atoms with E-state index in [2.05, 4.69) is 34.3 Å². The van der Waals surface area contributed by atoms with Crippen LogP contribution in [0.25, 0.3) is 11.3 Å². The molecule has 0 radical (unpaired) electrons. The SMILES string of the molecule is Cc1ccccc1C(C)Nc1cc(-c2ccc(=O)n(C)c2)nc(Oc2c(C)cccc2F)n1. The molecule has 0 spiro atoms. The van der Waals surface area contributed by atoms with Crippen LogP contribution in [0.1, 0.15) is 29.7 Å². The smallest absolute Gasteiger partial charge is 0.324 e. The number of anilines is 1. The van der Waals surface area contributed by atoms with Gasteiger partial charge in [-0.05, 0) is 49.6 Å². The largest absolute Gasteiger partial charge is 0.421 e. The van der Waals surface area contributed by atoms with E-state index in [9.17, 15) is 9.18 Å². The molecule has 0 aliphatic carbocycles. The number of hydrogen-bond donors (Lipinski definition) is 1. The lowest BCUT2D eigenvalue weighted by molar-refractivity contribution is 0.409. The summed E-state index contributed by atoms with van der Waals surface area (Å²) in [4.78, 5) is 20.8. The van der Waals surface area contributed by atoms with Gasteiger partial charge in [0.25, 0.3) is 0 Å². The first-order valence-corrected chi connectivity index (χ1v) is 10.6. The Labute approximate surface area is 191 Å². The third-order valence-corrected chi connectivity index (χ3v) is 5.46. The van der Waals surface area contributed by atoms with E-state index >= 15 is 0 Å². The molecular weight excluding hydrogens is 419 g/mol. The van der Waals surface area contributed by atoms with E-state index in [0.29, 0.717) is 22.6 Å². The molecule has 4 rings (SSSR count). The summed E-state index contributed by atoms with van der Waals surface area (Å²) in [5.74, 6) is 0.107. The van der Waals surface area contributed by atoms with E-state index in [0.717, 1.165) is 11.1 Å². The van der Waals surface area contributed by atoms with Crippen molar-refractivity contribution in [3.8, 4) is 23.0 Å². The van der Waals surface area contributed by atoms with Crippen molar-refractivity contribution in [1.29, 1.82) is 0 Å².